The maximum Gasteiger partial charge on any atom is 0.326 e. The van der Waals surface area contributed by atoms with Crippen molar-refractivity contribution in [1.29, 1.82) is 0 Å². The second-order valence-electron chi connectivity index (χ2n) is 4.71. The first-order valence-electron chi connectivity index (χ1n) is 6.11. The molecule has 0 spiro atoms. The number of aliphatic carboxylic acids is 1. The third kappa shape index (κ3) is 2.72. The average Bonchev–Trinajstić information content (AvgIpc) is 2.80. The van der Waals surface area contributed by atoms with Gasteiger partial charge in [0, 0.05) is 25.7 Å². The molecule has 2 unspecified atom stereocenters. The Morgan fingerprint density at radius 1 is 1.35 bits per heavy atom. The highest BCUT2D eigenvalue weighted by Crippen LogP contribution is 2.22. The lowest BCUT2D eigenvalue weighted by atomic mass is 10.2. The molecule has 7 heteroatoms. The smallest absolute Gasteiger partial charge is 0.326 e. The summed E-state index contributed by atoms with van der Waals surface area (Å²) in [6, 6.07) is 3.70. The number of urea groups is 1. The molecule has 1 aromatic carbocycles. The van der Waals surface area contributed by atoms with Gasteiger partial charge in [-0.05, 0) is 24.3 Å². The quantitative estimate of drug-likeness (QED) is 0.844. The van der Waals surface area contributed by atoms with Gasteiger partial charge in [0.05, 0.1) is 6.10 Å². The molecule has 0 saturated carbocycles. The first-order valence-corrected chi connectivity index (χ1v) is 6.11. The first-order chi connectivity index (χ1) is 9.40. The fraction of sp³-hybridized carbons (Fsp3) is 0.385. The number of nitrogens with zero attached hydrogens (tertiary/aromatic N) is 2. The number of β-amino-alcohol motifs (C(OH)–C–C–N with tert-alkyl or cyclic N) is 1. The zero-order valence-corrected chi connectivity index (χ0v) is 10.9. The maximum absolute atomic E-state index is 12.8. The number of hydrogen-bond acceptors (Lipinski definition) is 3. The van der Waals surface area contributed by atoms with E-state index in [0.29, 0.717) is 5.69 Å². The number of anilines is 1. The van der Waals surface area contributed by atoms with Crippen LogP contribution in [0.5, 0.6) is 0 Å². The van der Waals surface area contributed by atoms with Crippen molar-refractivity contribution in [2.24, 2.45) is 0 Å². The highest BCUT2D eigenvalue weighted by Gasteiger charge is 2.40. The zero-order chi connectivity index (χ0) is 14.9. The number of halogens is 1. The molecular formula is C13H15FN2O4. The van der Waals surface area contributed by atoms with Crippen LogP contribution in [-0.4, -0.2) is 52.9 Å². The van der Waals surface area contributed by atoms with Gasteiger partial charge >= 0.3 is 12.0 Å². The molecule has 1 fully saturated rings. The van der Waals surface area contributed by atoms with E-state index in [4.69, 9.17) is 5.11 Å². The summed E-state index contributed by atoms with van der Waals surface area (Å²) in [6.07, 6.45) is -0.833. The van der Waals surface area contributed by atoms with Gasteiger partial charge in [0.15, 0.2) is 0 Å². The fourth-order valence-corrected chi connectivity index (χ4v) is 2.23. The molecule has 20 heavy (non-hydrogen) atoms. The van der Waals surface area contributed by atoms with Crippen LogP contribution >= 0.6 is 0 Å². The second kappa shape index (κ2) is 5.46. The van der Waals surface area contributed by atoms with E-state index < -0.39 is 30.0 Å². The van der Waals surface area contributed by atoms with E-state index in [0.717, 1.165) is 4.90 Å². The number of amides is 2. The summed E-state index contributed by atoms with van der Waals surface area (Å²) in [4.78, 5) is 25.7. The maximum atomic E-state index is 12.8. The van der Waals surface area contributed by atoms with E-state index in [1.807, 2.05) is 0 Å². The Labute approximate surface area is 115 Å². The number of hydrogen-bond donors (Lipinski definition) is 2. The Bertz CT molecular complexity index is 520. The molecule has 1 aromatic rings. The van der Waals surface area contributed by atoms with Crippen LogP contribution in [0.1, 0.15) is 6.42 Å². The van der Waals surface area contributed by atoms with Crippen molar-refractivity contribution in [3.63, 3.8) is 0 Å². The summed E-state index contributed by atoms with van der Waals surface area (Å²) in [5, 5.41) is 18.6. The SMILES string of the molecule is CN(C(=O)N1CC(O)CC1C(=O)O)c1ccc(F)cc1. The van der Waals surface area contributed by atoms with Crippen molar-refractivity contribution in [1.82, 2.24) is 4.90 Å². The van der Waals surface area contributed by atoms with Gasteiger partial charge in [-0.25, -0.2) is 14.0 Å². The number of benzene rings is 1. The van der Waals surface area contributed by atoms with E-state index in [1.165, 1.54) is 36.2 Å². The number of carboxylic acids is 1. The number of carbonyl (C=O) groups excluding carboxylic acids is 1. The Morgan fingerprint density at radius 2 is 1.95 bits per heavy atom. The van der Waals surface area contributed by atoms with Crippen molar-refractivity contribution in [3.05, 3.63) is 30.1 Å². The van der Waals surface area contributed by atoms with Gasteiger partial charge in [-0.1, -0.05) is 0 Å². The summed E-state index contributed by atoms with van der Waals surface area (Å²) in [5.41, 5.74) is 0.446. The summed E-state index contributed by atoms with van der Waals surface area (Å²) < 4.78 is 12.8. The fourth-order valence-electron chi connectivity index (χ4n) is 2.23. The van der Waals surface area contributed by atoms with Crippen molar-refractivity contribution in [2.75, 3.05) is 18.5 Å². The molecular weight excluding hydrogens is 267 g/mol. The number of rotatable bonds is 2. The van der Waals surface area contributed by atoms with Crippen LogP contribution in [0, 0.1) is 5.82 Å². The van der Waals surface area contributed by atoms with Gasteiger partial charge in [0.1, 0.15) is 11.9 Å². The minimum Gasteiger partial charge on any atom is -0.480 e. The van der Waals surface area contributed by atoms with Gasteiger partial charge in [-0.15, -0.1) is 0 Å². The Balaban J connectivity index is 2.17. The van der Waals surface area contributed by atoms with Crippen LogP contribution in [0.15, 0.2) is 24.3 Å². The van der Waals surface area contributed by atoms with E-state index in [-0.39, 0.29) is 13.0 Å². The molecule has 108 valence electrons. The van der Waals surface area contributed by atoms with Gasteiger partial charge in [0.25, 0.3) is 0 Å². The molecule has 2 atom stereocenters. The largest absolute Gasteiger partial charge is 0.480 e. The summed E-state index contributed by atoms with van der Waals surface area (Å²) in [7, 11) is 1.47. The topological polar surface area (TPSA) is 81.1 Å². The molecule has 2 amide bonds. The number of aliphatic hydroxyl groups is 1. The van der Waals surface area contributed by atoms with Gasteiger partial charge in [-0.3, -0.25) is 4.90 Å². The lowest BCUT2D eigenvalue weighted by Gasteiger charge is -2.27. The van der Waals surface area contributed by atoms with Crippen molar-refractivity contribution in [2.45, 2.75) is 18.6 Å². The molecule has 1 aliphatic heterocycles. The number of likely N-dealkylation sites (tertiary alicyclic amines) is 1. The minimum atomic E-state index is -1.15. The molecule has 1 heterocycles. The van der Waals surface area contributed by atoms with Crippen molar-refractivity contribution >= 4 is 17.7 Å². The number of aliphatic hydroxyl groups excluding tert-OH is 1. The highest BCUT2D eigenvalue weighted by molar-refractivity contribution is 5.94. The standard InChI is InChI=1S/C13H15FN2O4/c1-15(9-4-2-8(14)3-5-9)13(20)16-7-10(17)6-11(16)12(18)19/h2-5,10-11,17H,6-7H2,1H3,(H,18,19). The third-order valence-electron chi connectivity index (χ3n) is 3.31. The Kier molecular flexibility index (Phi) is 3.89. The predicted octanol–water partition coefficient (Wildman–Crippen LogP) is 0.902. The van der Waals surface area contributed by atoms with Crippen LogP contribution < -0.4 is 4.90 Å². The Hall–Kier alpha value is -2.15. The summed E-state index contributed by atoms with van der Waals surface area (Å²) in [5.74, 6) is -1.57. The molecule has 0 aliphatic carbocycles. The zero-order valence-electron chi connectivity index (χ0n) is 10.9. The van der Waals surface area contributed by atoms with Crippen LogP contribution in [0.2, 0.25) is 0 Å². The molecule has 1 aliphatic rings. The van der Waals surface area contributed by atoms with Gasteiger partial charge < -0.3 is 15.1 Å². The van der Waals surface area contributed by atoms with Gasteiger partial charge in [0.2, 0.25) is 0 Å². The normalized spacial score (nSPS) is 21.9. The minimum absolute atomic E-state index is 0.0122. The average molecular weight is 282 g/mol. The van der Waals surface area contributed by atoms with Gasteiger partial charge in [-0.2, -0.15) is 0 Å². The monoisotopic (exact) mass is 282 g/mol. The van der Waals surface area contributed by atoms with Crippen LogP contribution in [0.3, 0.4) is 0 Å². The van der Waals surface area contributed by atoms with Crippen molar-refractivity contribution < 1.29 is 24.2 Å². The summed E-state index contributed by atoms with van der Waals surface area (Å²) >= 11 is 0. The molecule has 0 bridgehead atoms. The highest BCUT2D eigenvalue weighted by atomic mass is 19.1. The third-order valence-corrected chi connectivity index (χ3v) is 3.31. The van der Waals surface area contributed by atoms with E-state index in [2.05, 4.69) is 0 Å². The molecule has 6 nitrogen and oxygen atoms in total. The van der Waals surface area contributed by atoms with Crippen LogP contribution in [-0.2, 0) is 4.79 Å². The first kappa shape index (κ1) is 14.3. The lowest BCUT2D eigenvalue weighted by molar-refractivity contribution is -0.141. The number of carboxylic acid groups (broad SMARTS) is 1. The molecule has 0 aromatic heterocycles. The second-order valence-corrected chi connectivity index (χ2v) is 4.71. The predicted molar refractivity (Wildman–Crippen MR) is 69.0 cm³/mol. The Morgan fingerprint density at radius 3 is 2.50 bits per heavy atom. The summed E-state index contributed by atoms with van der Waals surface area (Å²) in [6.45, 7) is -0.0265. The number of carbonyl (C=O) groups is 2. The molecule has 2 rings (SSSR count). The molecule has 1 saturated heterocycles. The molecule has 0 radical (unpaired) electrons. The van der Waals surface area contributed by atoms with Crippen LogP contribution in [0.4, 0.5) is 14.9 Å². The van der Waals surface area contributed by atoms with E-state index >= 15 is 0 Å². The van der Waals surface area contributed by atoms with Crippen molar-refractivity contribution in [3.8, 4) is 0 Å². The lowest BCUT2D eigenvalue weighted by Crippen LogP contribution is -2.47. The van der Waals surface area contributed by atoms with E-state index in [9.17, 15) is 19.1 Å². The van der Waals surface area contributed by atoms with Crippen LogP contribution in [0.25, 0.3) is 0 Å². The molecule has 2 N–H and O–H groups in total. The van der Waals surface area contributed by atoms with E-state index in [1.54, 1.807) is 0 Å².